The van der Waals surface area contributed by atoms with E-state index in [1.54, 1.807) is 7.11 Å². The zero-order valence-corrected chi connectivity index (χ0v) is 10.7. The lowest BCUT2D eigenvalue weighted by Gasteiger charge is -2.19. The lowest BCUT2D eigenvalue weighted by atomic mass is 10.1. The molecule has 1 aliphatic carbocycles. The van der Waals surface area contributed by atoms with Crippen molar-refractivity contribution in [1.82, 2.24) is 5.32 Å². The van der Waals surface area contributed by atoms with Gasteiger partial charge in [-0.1, -0.05) is 12.1 Å². The van der Waals surface area contributed by atoms with Crippen LogP contribution in [-0.2, 0) is 11.3 Å². The third-order valence-electron chi connectivity index (χ3n) is 3.50. The monoisotopic (exact) mass is 248 g/mol. The molecule has 4 heteroatoms. The van der Waals surface area contributed by atoms with Crippen LogP contribution in [0.5, 0.6) is 0 Å². The highest BCUT2D eigenvalue weighted by Gasteiger charge is 2.28. The normalized spacial score (nSPS) is 23.0. The molecule has 0 spiro atoms. The highest BCUT2D eigenvalue weighted by atomic mass is 16.5. The first kappa shape index (κ1) is 13.1. The standard InChI is InChI=1S/C14H20N2O2/c1-18-13-7-3-6-12(13)16-14(17)11-5-2-4-10(8-11)9-15/h2,4-5,8,12-13H,3,6-7,9,15H2,1H3,(H,16,17). The Morgan fingerprint density at radius 3 is 3.06 bits per heavy atom. The van der Waals surface area contributed by atoms with Gasteiger partial charge in [0.2, 0.25) is 0 Å². The lowest BCUT2D eigenvalue weighted by molar-refractivity contribution is 0.0722. The molecule has 3 N–H and O–H groups in total. The predicted octanol–water partition coefficient (Wildman–Crippen LogP) is 1.44. The topological polar surface area (TPSA) is 64.3 Å². The summed E-state index contributed by atoms with van der Waals surface area (Å²) in [5.41, 5.74) is 7.21. The van der Waals surface area contributed by atoms with Crippen LogP contribution in [0.25, 0.3) is 0 Å². The molecule has 1 aromatic rings. The highest BCUT2D eigenvalue weighted by Crippen LogP contribution is 2.21. The van der Waals surface area contributed by atoms with E-state index in [0.29, 0.717) is 12.1 Å². The first-order valence-electron chi connectivity index (χ1n) is 6.37. The maximum absolute atomic E-state index is 12.1. The molecule has 0 aliphatic heterocycles. The number of amides is 1. The number of nitrogens with two attached hydrogens (primary N) is 1. The summed E-state index contributed by atoms with van der Waals surface area (Å²) in [5, 5.41) is 3.04. The average Bonchev–Trinajstić information content (AvgIpc) is 2.86. The van der Waals surface area contributed by atoms with Crippen molar-refractivity contribution < 1.29 is 9.53 Å². The number of benzene rings is 1. The van der Waals surface area contributed by atoms with Crippen LogP contribution >= 0.6 is 0 Å². The Morgan fingerprint density at radius 1 is 1.50 bits per heavy atom. The van der Waals surface area contributed by atoms with Gasteiger partial charge in [0.1, 0.15) is 0 Å². The van der Waals surface area contributed by atoms with E-state index in [1.807, 2.05) is 24.3 Å². The highest BCUT2D eigenvalue weighted by molar-refractivity contribution is 5.94. The summed E-state index contributed by atoms with van der Waals surface area (Å²) in [7, 11) is 1.70. The quantitative estimate of drug-likeness (QED) is 0.847. The zero-order chi connectivity index (χ0) is 13.0. The second-order valence-electron chi connectivity index (χ2n) is 4.69. The van der Waals surface area contributed by atoms with E-state index in [2.05, 4.69) is 5.32 Å². The predicted molar refractivity (Wildman–Crippen MR) is 70.2 cm³/mol. The van der Waals surface area contributed by atoms with Gasteiger partial charge in [-0.2, -0.15) is 0 Å². The van der Waals surface area contributed by atoms with Gasteiger partial charge >= 0.3 is 0 Å². The van der Waals surface area contributed by atoms with E-state index in [0.717, 1.165) is 24.8 Å². The molecule has 2 unspecified atom stereocenters. The van der Waals surface area contributed by atoms with E-state index in [4.69, 9.17) is 10.5 Å². The van der Waals surface area contributed by atoms with Crippen LogP contribution in [0.4, 0.5) is 0 Å². The number of hydrogen-bond donors (Lipinski definition) is 2. The molecule has 2 rings (SSSR count). The lowest BCUT2D eigenvalue weighted by Crippen LogP contribution is -2.40. The maximum atomic E-state index is 12.1. The minimum absolute atomic E-state index is 0.0424. The molecule has 0 heterocycles. The second kappa shape index (κ2) is 5.98. The molecule has 1 fully saturated rings. The van der Waals surface area contributed by atoms with Crippen LogP contribution < -0.4 is 11.1 Å². The number of ether oxygens (including phenoxy) is 1. The molecular weight excluding hydrogens is 228 g/mol. The summed E-state index contributed by atoms with van der Waals surface area (Å²) >= 11 is 0. The number of methoxy groups -OCH3 is 1. The third kappa shape index (κ3) is 2.89. The Morgan fingerprint density at radius 2 is 2.33 bits per heavy atom. The molecule has 0 radical (unpaired) electrons. The summed E-state index contributed by atoms with van der Waals surface area (Å²) in [5.74, 6) is -0.0424. The van der Waals surface area contributed by atoms with Crippen molar-refractivity contribution in [1.29, 1.82) is 0 Å². The average molecular weight is 248 g/mol. The minimum atomic E-state index is -0.0424. The van der Waals surface area contributed by atoms with Crippen molar-refractivity contribution in [3.05, 3.63) is 35.4 Å². The van der Waals surface area contributed by atoms with Gasteiger partial charge in [-0.05, 0) is 37.0 Å². The third-order valence-corrected chi connectivity index (χ3v) is 3.50. The van der Waals surface area contributed by atoms with Crippen LogP contribution in [0.1, 0.15) is 35.2 Å². The molecule has 1 aromatic carbocycles. The van der Waals surface area contributed by atoms with Gasteiger partial charge in [0.05, 0.1) is 12.1 Å². The van der Waals surface area contributed by atoms with Gasteiger partial charge in [0.25, 0.3) is 5.91 Å². The fourth-order valence-corrected chi connectivity index (χ4v) is 2.46. The zero-order valence-electron chi connectivity index (χ0n) is 10.7. The van der Waals surface area contributed by atoms with Crippen LogP contribution in [0.2, 0.25) is 0 Å². The molecule has 0 bridgehead atoms. The van der Waals surface area contributed by atoms with Gasteiger partial charge in [0, 0.05) is 19.2 Å². The molecule has 2 atom stereocenters. The van der Waals surface area contributed by atoms with E-state index in [-0.39, 0.29) is 18.1 Å². The second-order valence-corrected chi connectivity index (χ2v) is 4.69. The van der Waals surface area contributed by atoms with E-state index < -0.39 is 0 Å². The van der Waals surface area contributed by atoms with E-state index in [9.17, 15) is 4.79 Å². The summed E-state index contributed by atoms with van der Waals surface area (Å²) in [6.45, 7) is 0.450. The van der Waals surface area contributed by atoms with Crippen LogP contribution in [-0.4, -0.2) is 25.2 Å². The molecule has 98 valence electrons. The van der Waals surface area contributed by atoms with Crippen molar-refractivity contribution in [3.63, 3.8) is 0 Å². The smallest absolute Gasteiger partial charge is 0.251 e. The van der Waals surface area contributed by atoms with Gasteiger partial charge in [-0.3, -0.25) is 4.79 Å². The van der Waals surface area contributed by atoms with Crippen molar-refractivity contribution in [3.8, 4) is 0 Å². The first-order chi connectivity index (χ1) is 8.74. The molecule has 0 aromatic heterocycles. The Labute approximate surface area is 108 Å². The number of nitrogens with one attached hydrogen (secondary N) is 1. The fourth-order valence-electron chi connectivity index (χ4n) is 2.46. The molecule has 4 nitrogen and oxygen atoms in total. The number of carbonyl (C=O) groups is 1. The Bertz CT molecular complexity index is 420. The van der Waals surface area contributed by atoms with Crippen LogP contribution in [0.15, 0.2) is 24.3 Å². The maximum Gasteiger partial charge on any atom is 0.251 e. The molecule has 1 amide bonds. The number of rotatable bonds is 4. The summed E-state index contributed by atoms with van der Waals surface area (Å²) < 4.78 is 5.37. The summed E-state index contributed by atoms with van der Waals surface area (Å²) in [6.07, 6.45) is 3.25. The van der Waals surface area contributed by atoms with Crippen molar-refractivity contribution in [2.24, 2.45) is 5.73 Å². The summed E-state index contributed by atoms with van der Waals surface area (Å²) in [6, 6.07) is 7.56. The fraction of sp³-hybridized carbons (Fsp3) is 0.500. The van der Waals surface area contributed by atoms with Gasteiger partial charge in [-0.25, -0.2) is 0 Å². The minimum Gasteiger partial charge on any atom is -0.379 e. The Kier molecular flexibility index (Phi) is 4.33. The largest absolute Gasteiger partial charge is 0.379 e. The van der Waals surface area contributed by atoms with Crippen molar-refractivity contribution in [2.75, 3.05) is 7.11 Å². The Balaban J connectivity index is 2.02. The van der Waals surface area contributed by atoms with E-state index >= 15 is 0 Å². The number of hydrogen-bond acceptors (Lipinski definition) is 3. The molecule has 1 saturated carbocycles. The first-order valence-corrected chi connectivity index (χ1v) is 6.37. The molecular formula is C14H20N2O2. The van der Waals surface area contributed by atoms with Crippen molar-refractivity contribution in [2.45, 2.75) is 38.0 Å². The van der Waals surface area contributed by atoms with Crippen LogP contribution in [0.3, 0.4) is 0 Å². The molecule has 18 heavy (non-hydrogen) atoms. The van der Waals surface area contributed by atoms with Gasteiger partial charge in [0.15, 0.2) is 0 Å². The Hall–Kier alpha value is -1.39. The van der Waals surface area contributed by atoms with Gasteiger partial charge < -0.3 is 15.8 Å². The van der Waals surface area contributed by atoms with Crippen molar-refractivity contribution >= 4 is 5.91 Å². The molecule has 0 saturated heterocycles. The summed E-state index contributed by atoms with van der Waals surface area (Å²) in [4.78, 5) is 12.1. The SMILES string of the molecule is COC1CCCC1NC(=O)c1cccc(CN)c1. The molecule has 1 aliphatic rings. The van der Waals surface area contributed by atoms with E-state index in [1.165, 1.54) is 0 Å². The van der Waals surface area contributed by atoms with Crippen LogP contribution in [0, 0.1) is 0 Å². The number of carbonyl (C=O) groups excluding carboxylic acids is 1. The van der Waals surface area contributed by atoms with Gasteiger partial charge in [-0.15, -0.1) is 0 Å².